The molecular weight excluding hydrogens is 355 g/mol. The van der Waals surface area contributed by atoms with E-state index in [4.69, 9.17) is 4.98 Å². The van der Waals surface area contributed by atoms with E-state index in [-0.39, 0.29) is 17.8 Å². The van der Waals surface area contributed by atoms with Gasteiger partial charge in [-0.05, 0) is 37.5 Å². The Balaban J connectivity index is 1.77. The van der Waals surface area contributed by atoms with Gasteiger partial charge in [0.1, 0.15) is 17.5 Å². The van der Waals surface area contributed by atoms with Gasteiger partial charge in [-0.2, -0.15) is 0 Å². The van der Waals surface area contributed by atoms with Gasteiger partial charge in [-0.15, -0.1) is 0 Å². The lowest BCUT2D eigenvalue weighted by molar-refractivity contribution is 0.0738. The maximum atomic E-state index is 13.6. The number of halogens is 1. The van der Waals surface area contributed by atoms with Crippen molar-refractivity contribution in [3.8, 4) is 0 Å². The zero-order valence-corrected chi connectivity index (χ0v) is 17.3. The second-order valence-corrected chi connectivity index (χ2v) is 8.06. The molecule has 2 aromatic rings. The predicted octanol–water partition coefficient (Wildman–Crippen LogP) is 2.96. The second kappa shape index (κ2) is 8.97. The molecule has 6 heteroatoms. The van der Waals surface area contributed by atoms with Crippen LogP contribution < -0.4 is 4.90 Å². The van der Waals surface area contributed by atoms with Crippen LogP contribution in [0.5, 0.6) is 0 Å². The van der Waals surface area contributed by atoms with Crippen LogP contribution in [-0.2, 0) is 6.42 Å². The van der Waals surface area contributed by atoms with Crippen molar-refractivity contribution in [1.82, 2.24) is 14.9 Å². The highest BCUT2D eigenvalue weighted by atomic mass is 19.1. The lowest BCUT2D eigenvalue weighted by atomic mass is 10.0. The Labute approximate surface area is 167 Å². The number of hydrogen-bond donors (Lipinski definition) is 1. The number of anilines is 1. The molecule has 0 unspecified atom stereocenters. The van der Waals surface area contributed by atoms with Gasteiger partial charge in [0.05, 0.1) is 6.10 Å². The van der Waals surface area contributed by atoms with Crippen molar-refractivity contribution in [2.24, 2.45) is 5.92 Å². The molecule has 0 saturated carbocycles. The Morgan fingerprint density at radius 1 is 1.11 bits per heavy atom. The van der Waals surface area contributed by atoms with Crippen LogP contribution >= 0.6 is 0 Å². The molecule has 0 spiro atoms. The number of aryl methyl sites for hydroxylation is 2. The normalized spacial score (nSPS) is 16.6. The van der Waals surface area contributed by atoms with Crippen molar-refractivity contribution >= 4 is 5.82 Å². The number of aliphatic hydroxyl groups is 1. The van der Waals surface area contributed by atoms with Crippen LogP contribution in [0, 0.1) is 25.6 Å². The number of rotatable bonds is 6. The average molecular weight is 387 g/mol. The highest BCUT2D eigenvalue weighted by molar-refractivity contribution is 5.51. The molecule has 0 bridgehead atoms. The van der Waals surface area contributed by atoms with Gasteiger partial charge in [0, 0.05) is 50.4 Å². The summed E-state index contributed by atoms with van der Waals surface area (Å²) < 4.78 is 13.6. The molecule has 152 valence electrons. The summed E-state index contributed by atoms with van der Waals surface area (Å²) in [6.07, 6.45) is 0.324. The maximum Gasteiger partial charge on any atom is 0.136 e. The van der Waals surface area contributed by atoms with E-state index in [9.17, 15) is 9.50 Å². The Kier molecular flexibility index (Phi) is 6.62. The number of hydrogen-bond acceptors (Lipinski definition) is 5. The summed E-state index contributed by atoms with van der Waals surface area (Å²) in [4.78, 5) is 13.9. The first kappa shape index (κ1) is 20.7. The van der Waals surface area contributed by atoms with Gasteiger partial charge < -0.3 is 10.0 Å². The zero-order valence-electron chi connectivity index (χ0n) is 17.3. The molecule has 1 aliphatic rings. The van der Waals surface area contributed by atoms with Crippen LogP contribution in [0.25, 0.3) is 0 Å². The highest BCUT2D eigenvalue weighted by Crippen LogP contribution is 2.25. The standard InChI is InChI=1S/C22H31FN4O/c1-15(2)21(28)14-26-8-10-27(11-9-26)22-20(16(3)24-17(4)25-22)13-18-6-5-7-19(23)12-18/h5-7,12,15,21,28H,8-11,13-14H2,1-4H3/t21-/m1/s1. The minimum atomic E-state index is -0.293. The van der Waals surface area contributed by atoms with Gasteiger partial charge >= 0.3 is 0 Å². The molecule has 1 aliphatic heterocycles. The van der Waals surface area contributed by atoms with Crippen molar-refractivity contribution < 1.29 is 9.50 Å². The first-order valence-corrected chi connectivity index (χ1v) is 10.1. The third-order valence-electron chi connectivity index (χ3n) is 5.46. The number of aliphatic hydroxyl groups excluding tert-OH is 1. The first-order chi connectivity index (χ1) is 13.3. The molecule has 3 rings (SSSR count). The second-order valence-electron chi connectivity index (χ2n) is 8.06. The fraction of sp³-hybridized carbons (Fsp3) is 0.545. The number of benzene rings is 1. The molecule has 1 N–H and O–H groups in total. The van der Waals surface area contributed by atoms with E-state index in [1.165, 1.54) is 6.07 Å². The van der Waals surface area contributed by atoms with Crippen molar-refractivity contribution in [2.75, 3.05) is 37.6 Å². The number of β-amino-alcohol motifs (C(OH)–C–C–N with tert-alkyl or cyclic N) is 1. The van der Waals surface area contributed by atoms with Crippen LogP contribution in [0.2, 0.25) is 0 Å². The van der Waals surface area contributed by atoms with E-state index in [1.807, 2.05) is 33.8 Å². The fourth-order valence-corrected chi connectivity index (χ4v) is 3.65. The quantitative estimate of drug-likeness (QED) is 0.827. The topological polar surface area (TPSA) is 52.5 Å². The number of aromatic nitrogens is 2. The Bertz CT molecular complexity index is 803. The minimum Gasteiger partial charge on any atom is -0.392 e. The van der Waals surface area contributed by atoms with Gasteiger partial charge in [-0.25, -0.2) is 14.4 Å². The zero-order chi connectivity index (χ0) is 20.3. The lowest BCUT2D eigenvalue weighted by Crippen LogP contribution is -2.49. The Morgan fingerprint density at radius 3 is 2.46 bits per heavy atom. The molecular formula is C22H31FN4O. The van der Waals surface area contributed by atoms with Crippen LogP contribution in [0.3, 0.4) is 0 Å². The molecule has 1 fully saturated rings. The third-order valence-corrected chi connectivity index (χ3v) is 5.46. The molecule has 0 radical (unpaired) electrons. The van der Waals surface area contributed by atoms with E-state index in [2.05, 4.69) is 14.8 Å². The SMILES string of the molecule is Cc1nc(C)c(Cc2cccc(F)c2)c(N2CCN(C[C@@H](O)C(C)C)CC2)n1. The van der Waals surface area contributed by atoms with Gasteiger partial charge in [0.25, 0.3) is 0 Å². The Hall–Kier alpha value is -2.05. The molecule has 28 heavy (non-hydrogen) atoms. The van der Waals surface area contributed by atoms with E-state index in [0.717, 1.165) is 54.6 Å². The number of piperazine rings is 1. The summed E-state index contributed by atoms with van der Waals surface area (Å²) in [5.41, 5.74) is 2.94. The Morgan fingerprint density at radius 2 is 1.82 bits per heavy atom. The molecule has 1 saturated heterocycles. The maximum absolute atomic E-state index is 13.6. The summed E-state index contributed by atoms with van der Waals surface area (Å²) in [7, 11) is 0. The smallest absolute Gasteiger partial charge is 0.136 e. The summed E-state index contributed by atoms with van der Waals surface area (Å²) in [5, 5.41) is 10.2. The third kappa shape index (κ3) is 5.06. The van der Waals surface area contributed by atoms with E-state index in [0.29, 0.717) is 13.0 Å². The number of nitrogens with zero attached hydrogens (tertiary/aromatic N) is 4. The molecule has 0 amide bonds. The van der Waals surface area contributed by atoms with Crippen molar-refractivity contribution in [3.63, 3.8) is 0 Å². The average Bonchev–Trinajstić information content (AvgIpc) is 2.64. The van der Waals surface area contributed by atoms with Gasteiger partial charge in [0.15, 0.2) is 0 Å². The molecule has 1 aromatic heterocycles. The molecule has 1 aromatic carbocycles. The van der Waals surface area contributed by atoms with E-state index in [1.54, 1.807) is 12.1 Å². The summed E-state index contributed by atoms with van der Waals surface area (Å²) >= 11 is 0. The van der Waals surface area contributed by atoms with Crippen LogP contribution in [0.15, 0.2) is 24.3 Å². The predicted molar refractivity (Wildman–Crippen MR) is 110 cm³/mol. The van der Waals surface area contributed by atoms with E-state index < -0.39 is 0 Å². The van der Waals surface area contributed by atoms with Crippen LogP contribution in [0.1, 0.15) is 36.5 Å². The summed E-state index contributed by atoms with van der Waals surface area (Å²) in [6, 6.07) is 6.73. The van der Waals surface area contributed by atoms with Crippen LogP contribution in [0.4, 0.5) is 10.2 Å². The van der Waals surface area contributed by atoms with E-state index >= 15 is 0 Å². The lowest BCUT2D eigenvalue weighted by Gasteiger charge is -2.37. The van der Waals surface area contributed by atoms with Gasteiger partial charge in [-0.1, -0.05) is 26.0 Å². The molecule has 5 nitrogen and oxygen atoms in total. The van der Waals surface area contributed by atoms with Crippen LogP contribution in [-0.4, -0.2) is 58.8 Å². The van der Waals surface area contributed by atoms with Crippen molar-refractivity contribution in [3.05, 3.63) is 52.7 Å². The molecule has 1 atom stereocenters. The first-order valence-electron chi connectivity index (χ1n) is 10.1. The monoisotopic (exact) mass is 386 g/mol. The summed E-state index contributed by atoms with van der Waals surface area (Å²) in [6.45, 7) is 12.2. The molecule has 2 heterocycles. The van der Waals surface area contributed by atoms with Crippen molar-refractivity contribution in [1.29, 1.82) is 0 Å². The largest absolute Gasteiger partial charge is 0.392 e. The fourth-order valence-electron chi connectivity index (χ4n) is 3.65. The highest BCUT2D eigenvalue weighted by Gasteiger charge is 2.24. The summed E-state index contributed by atoms with van der Waals surface area (Å²) in [5.74, 6) is 1.76. The van der Waals surface area contributed by atoms with Crippen molar-refractivity contribution in [2.45, 2.75) is 40.2 Å². The minimum absolute atomic E-state index is 0.220. The molecule has 0 aliphatic carbocycles. The van der Waals surface area contributed by atoms with Gasteiger partial charge in [0.2, 0.25) is 0 Å². The van der Waals surface area contributed by atoms with Gasteiger partial charge in [-0.3, -0.25) is 4.90 Å².